The minimum Gasteiger partial charge on any atom is -0.287 e. The summed E-state index contributed by atoms with van der Waals surface area (Å²) in [6.45, 7) is 5.79. The number of benzene rings is 1. The van der Waals surface area contributed by atoms with E-state index in [0.717, 1.165) is 11.3 Å². The Hall–Kier alpha value is -2.30. The molecule has 0 aliphatic rings. The van der Waals surface area contributed by atoms with Gasteiger partial charge in [0.05, 0.1) is 23.1 Å². The molecule has 2 rings (SSSR count). The molecule has 1 aromatic heterocycles. The Kier molecular flexibility index (Phi) is 4.31. The van der Waals surface area contributed by atoms with Crippen LogP contribution in [0.2, 0.25) is 5.02 Å². The molecule has 7 heteroatoms. The third-order valence-electron chi connectivity index (χ3n) is 3.11. The zero-order valence-electron chi connectivity index (χ0n) is 11.9. The monoisotopic (exact) mass is 303 g/mol. The average molecular weight is 304 g/mol. The maximum Gasteiger partial charge on any atom is 0.252 e. The normalized spacial score (nSPS) is 10.5. The van der Waals surface area contributed by atoms with Crippen molar-refractivity contribution in [2.24, 2.45) is 5.11 Å². The molecule has 0 spiro atoms. The summed E-state index contributed by atoms with van der Waals surface area (Å²) in [6, 6.07) is 5.51. The van der Waals surface area contributed by atoms with Gasteiger partial charge in [0.2, 0.25) is 0 Å². The van der Waals surface area contributed by atoms with Crippen LogP contribution in [0.25, 0.3) is 16.1 Å². The zero-order chi connectivity index (χ0) is 15.6. The van der Waals surface area contributed by atoms with Crippen LogP contribution in [0.4, 0.5) is 0 Å². The summed E-state index contributed by atoms with van der Waals surface area (Å²) in [5.41, 5.74) is 11.2. The van der Waals surface area contributed by atoms with E-state index >= 15 is 0 Å². The van der Waals surface area contributed by atoms with E-state index in [1.807, 2.05) is 32.9 Å². The van der Waals surface area contributed by atoms with Crippen LogP contribution in [0.3, 0.4) is 0 Å². The third-order valence-corrected chi connectivity index (χ3v) is 3.53. The molecule has 0 aliphatic carbocycles. The van der Waals surface area contributed by atoms with Crippen molar-refractivity contribution in [1.82, 2.24) is 9.78 Å². The molecule has 1 amide bonds. The van der Waals surface area contributed by atoms with Crippen molar-refractivity contribution >= 4 is 17.5 Å². The number of rotatable bonds is 3. The lowest BCUT2D eigenvalue weighted by molar-refractivity contribution is 0.0999. The van der Waals surface area contributed by atoms with Gasteiger partial charge >= 0.3 is 0 Å². The number of hydrogen-bond donors (Lipinski definition) is 0. The number of carbonyl (C=O) groups excluding carboxylic acids is 1. The van der Waals surface area contributed by atoms with Crippen molar-refractivity contribution in [3.63, 3.8) is 0 Å². The van der Waals surface area contributed by atoms with Gasteiger partial charge in [0.25, 0.3) is 5.91 Å². The largest absolute Gasteiger partial charge is 0.287 e. The predicted molar refractivity (Wildman–Crippen MR) is 80.9 cm³/mol. The van der Waals surface area contributed by atoms with Gasteiger partial charge in [0.1, 0.15) is 0 Å². The van der Waals surface area contributed by atoms with Gasteiger partial charge in [-0.05, 0) is 47.2 Å². The van der Waals surface area contributed by atoms with E-state index in [4.69, 9.17) is 17.1 Å². The highest BCUT2D eigenvalue weighted by Crippen LogP contribution is 2.26. The standard InChI is InChI=1S/C14H14ClN5O/c1-8(2)13-11(14(21)18-19-16)7-17-20(13)10-4-5-12(15)9(3)6-10/h4-8H,1-3H3. The fourth-order valence-electron chi connectivity index (χ4n) is 2.14. The number of halogens is 1. The molecule has 1 aromatic carbocycles. The van der Waals surface area contributed by atoms with Crippen LogP contribution in [-0.4, -0.2) is 15.7 Å². The smallest absolute Gasteiger partial charge is 0.252 e. The molecule has 0 fully saturated rings. The molecule has 0 saturated carbocycles. The first-order valence-corrected chi connectivity index (χ1v) is 6.77. The molecule has 108 valence electrons. The molecule has 21 heavy (non-hydrogen) atoms. The first-order chi connectivity index (χ1) is 9.95. The summed E-state index contributed by atoms with van der Waals surface area (Å²) < 4.78 is 1.67. The molecule has 0 aliphatic heterocycles. The first-order valence-electron chi connectivity index (χ1n) is 6.39. The molecule has 1 heterocycles. The summed E-state index contributed by atoms with van der Waals surface area (Å²) in [5, 5.41) is 8.06. The Morgan fingerprint density at radius 2 is 2.19 bits per heavy atom. The molecule has 2 aromatic rings. The van der Waals surface area contributed by atoms with Crippen LogP contribution in [-0.2, 0) is 0 Å². The Bertz CT molecular complexity index is 744. The number of hydrogen-bond acceptors (Lipinski definition) is 2. The molecule has 6 nitrogen and oxygen atoms in total. The number of azide groups is 1. The lowest BCUT2D eigenvalue weighted by atomic mass is 10.1. The highest BCUT2D eigenvalue weighted by molar-refractivity contribution is 6.31. The van der Waals surface area contributed by atoms with Crippen LogP contribution in [0.5, 0.6) is 0 Å². The average Bonchev–Trinajstić information content (AvgIpc) is 2.87. The molecule has 0 atom stereocenters. The Morgan fingerprint density at radius 1 is 1.48 bits per heavy atom. The summed E-state index contributed by atoms with van der Waals surface area (Å²) in [4.78, 5) is 14.4. The van der Waals surface area contributed by atoms with E-state index in [2.05, 4.69) is 15.1 Å². The van der Waals surface area contributed by atoms with E-state index in [9.17, 15) is 4.79 Å². The van der Waals surface area contributed by atoms with Crippen molar-refractivity contribution in [3.05, 3.63) is 56.7 Å². The molecule has 0 bridgehead atoms. The molecule has 0 saturated heterocycles. The Morgan fingerprint density at radius 3 is 2.76 bits per heavy atom. The lowest BCUT2D eigenvalue weighted by Gasteiger charge is -2.12. The molecular weight excluding hydrogens is 290 g/mol. The van der Waals surface area contributed by atoms with Crippen LogP contribution in [0.15, 0.2) is 29.5 Å². The van der Waals surface area contributed by atoms with Crippen molar-refractivity contribution < 1.29 is 4.79 Å². The summed E-state index contributed by atoms with van der Waals surface area (Å²) in [5.74, 6) is -0.588. The van der Waals surface area contributed by atoms with Crippen molar-refractivity contribution in [1.29, 1.82) is 0 Å². The maximum absolute atomic E-state index is 11.8. The maximum atomic E-state index is 11.8. The van der Waals surface area contributed by atoms with E-state index < -0.39 is 5.91 Å². The van der Waals surface area contributed by atoms with E-state index in [1.54, 1.807) is 10.7 Å². The van der Waals surface area contributed by atoms with Gasteiger partial charge in [-0.25, -0.2) is 4.68 Å². The highest BCUT2D eigenvalue weighted by atomic mass is 35.5. The summed E-state index contributed by atoms with van der Waals surface area (Å²) in [6.07, 6.45) is 1.43. The minimum absolute atomic E-state index is 0.0383. The second-order valence-corrected chi connectivity index (χ2v) is 5.35. The Labute approximate surface area is 127 Å². The Balaban J connectivity index is 2.61. The summed E-state index contributed by atoms with van der Waals surface area (Å²) >= 11 is 6.03. The van der Waals surface area contributed by atoms with Crippen LogP contribution in [0.1, 0.15) is 41.4 Å². The van der Waals surface area contributed by atoms with Gasteiger partial charge in [-0.1, -0.05) is 25.4 Å². The van der Waals surface area contributed by atoms with Gasteiger partial charge in [-0.3, -0.25) is 4.79 Å². The molecule has 0 unspecified atom stereocenters. The van der Waals surface area contributed by atoms with Crippen LogP contribution in [0, 0.1) is 6.92 Å². The highest BCUT2D eigenvalue weighted by Gasteiger charge is 2.20. The topological polar surface area (TPSA) is 83.7 Å². The number of nitrogens with zero attached hydrogens (tertiary/aromatic N) is 5. The van der Waals surface area contributed by atoms with E-state index in [-0.39, 0.29) is 5.92 Å². The van der Waals surface area contributed by atoms with E-state index in [1.165, 1.54) is 6.20 Å². The number of aromatic nitrogens is 2. The molecule has 0 N–H and O–H groups in total. The van der Waals surface area contributed by atoms with Gasteiger partial charge in [-0.15, -0.1) is 0 Å². The van der Waals surface area contributed by atoms with Gasteiger partial charge in [-0.2, -0.15) is 5.10 Å². The zero-order valence-corrected chi connectivity index (χ0v) is 12.7. The van der Waals surface area contributed by atoms with Gasteiger partial charge in [0, 0.05) is 9.93 Å². The molecular formula is C14H14ClN5O. The quantitative estimate of drug-likeness (QED) is 0.478. The SMILES string of the molecule is Cc1cc(-n2ncc(C(=O)N=[N+]=[N-])c2C(C)C)ccc1Cl. The number of aryl methyl sites for hydroxylation is 1. The van der Waals surface area contributed by atoms with Crippen LogP contribution < -0.4 is 0 Å². The summed E-state index contributed by atoms with van der Waals surface area (Å²) in [7, 11) is 0. The van der Waals surface area contributed by atoms with E-state index in [0.29, 0.717) is 16.3 Å². The van der Waals surface area contributed by atoms with Gasteiger partial charge < -0.3 is 0 Å². The predicted octanol–water partition coefficient (Wildman–Crippen LogP) is 4.41. The third kappa shape index (κ3) is 2.91. The number of amides is 1. The van der Waals surface area contributed by atoms with Crippen molar-refractivity contribution in [2.75, 3.05) is 0 Å². The number of carbonyl (C=O) groups is 1. The second-order valence-electron chi connectivity index (χ2n) is 4.94. The van der Waals surface area contributed by atoms with Crippen molar-refractivity contribution in [3.8, 4) is 5.69 Å². The first kappa shape index (κ1) is 15.1. The van der Waals surface area contributed by atoms with Crippen molar-refractivity contribution in [2.45, 2.75) is 26.7 Å². The fourth-order valence-corrected chi connectivity index (χ4v) is 2.26. The minimum atomic E-state index is -0.627. The molecule has 0 radical (unpaired) electrons. The van der Waals surface area contributed by atoms with Crippen LogP contribution >= 0.6 is 11.6 Å². The second kappa shape index (κ2) is 5.99. The lowest BCUT2D eigenvalue weighted by Crippen LogP contribution is -2.07. The fraction of sp³-hybridized carbons (Fsp3) is 0.286. The van der Waals surface area contributed by atoms with Gasteiger partial charge in [0.15, 0.2) is 0 Å².